The first kappa shape index (κ1) is 39.3. The van der Waals surface area contributed by atoms with E-state index < -0.39 is 14.3 Å². The third-order valence-electron chi connectivity index (χ3n) is 9.03. The normalized spacial score (nSPS) is 13.5. The molecule has 0 atom stereocenters. The van der Waals surface area contributed by atoms with Gasteiger partial charge in [0.05, 0.1) is 34.2 Å². The van der Waals surface area contributed by atoms with Crippen molar-refractivity contribution in [1.29, 1.82) is 0 Å². The molecule has 0 aromatic heterocycles. The van der Waals surface area contributed by atoms with Crippen LogP contribution < -0.4 is 31.8 Å². The summed E-state index contributed by atoms with van der Waals surface area (Å²) < 4.78 is 29.4. The van der Waals surface area contributed by atoms with Gasteiger partial charge in [-0.3, -0.25) is 9.98 Å². The molecule has 0 bridgehead atoms. The van der Waals surface area contributed by atoms with Crippen LogP contribution in [0.4, 0.5) is 11.4 Å². The van der Waals surface area contributed by atoms with Gasteiger partial charge >= 0.3 is 33.3 Å². The van der Waals surface area contributed by atoms with Crippen LogP contribution in [0.5, 0.6) is 0 Å². The van der Waals surface area contributed by atoms with Crippen LogP contribution in [-0.2, 0) is 22.3 Å². The molecule has 0 radical (unpaired) electrons. The fraction of sp³-hybridized carbons (Fsp3) is 0.0682. The first-order valence-electron chi connectivity index (χ1n) is 17.2. The van der Waals surface area contributed by atoms with Gasteiger partial charge in [0.2, 0.25) is 0 Å². The van der Waals surface area contributed by atoms with E-state index in [-0.39, 0.29) is 13.1 Å². The van der Waals surface area contributed by atoms with Crippen molar-refractivity contribution in [2.75, 3.05) is 0 Å². The topological polar surface area (TPSA) is 71.2 Å². The van der Waals surface area contributed by atoms with Gasteiger partial charge in [-0.05, 0) is 62.4 Å². The Bertz CT molecular complexity index is 2320. The second kappa shape index (κ2) is 18.3. The van der Waals surface area contributed by atoms with E-state index in [2.05, 4.69) is 6.08 Å². The molecule has 0 aliphatic carbocycles. The Morgan fingerprint density at radius 1 is 0.500 bits per heavy atom. The predicted octanol–water partition coefficient (Wildman–Crippen LogP) is 9.96. The zero-order chi connectivity index (χ0) is 38.0. The molecule has 0 N–H and O–H groups in total. The van der Waals surface area contributed by atoms with E-state index >= 15 is 0 Å². The quantitative estimate of drug-likeness (QED) is 0.0784. The van der Waals surface area contributed by atoms with Crippen LogP contribution in [0.2, 0.25) is 0 Å². The number of halogens is 2. The van der Waals surface area contributed by atoms with Gasteiger partial charge in [-0.25, -0.2) is 4.99 Å². The van der Waals surface area contributed by atoms with Crippen LogP contribution in [0.1, 0.15) is 20.3 Å². The second-order valence-electron chi connectivity index (χ2n) is 12.4. The number of rotatable bonds is 10. The number of hydrogen-bond donors (Lipinski definition) is 0. The fourth-order valence-electron chi connectivity index (χ4n) is 6.32. The van der Waals surface area contributed by atoms with Gasteiger partial charge in [0.25, 0.3) is 0 Å². The molecule has 10 heteroatoms. The first-order chi connectivity index (χ1) is 26.3. The summed E-state index contributed by atoms with van der Waals surface area (Å²) in [5.41, 5.74) is 4.84. The fourth-order valence-corrected chi connectivity index (χ4v) is 11.6. The molecule has 7 rings (SSSR count). The summed E-state index contributed by atoms with van der Waals surface area (Å²) >= 11 is 0.194. The summed E-state index contributed by atoms with van der Waals surface area (Å²) in [6.45, 7) is 3.92. The van der Waals surface area contributed by atoms with Crippen molar-refractivity contribution in [3.8, 4) is 0 Å². The molecular weight excluding hydrogens is 791 g/mol. The van der Waals surface area contributed by atoms with E-state index in [0.717, 1.165) is 66.0 Å². The Kier molecular flexibility index (Phi) is 13.3. The van der Waals surface area contributed by atoms with Gasteiger partial charge < -0.3 is 9.13 Å². The molecule has 0 amide bonds. The molecule has 0 fully saturated rings. The molecule has 272 valence electrons. The number of allylic oxidation sites excluding steroid dienone is 2. The van der Waals surface area contributed by atoms with Crippen LogP contribution >= 0.6 is 34.5 Å². The van der Waals surface area contributed by atoms with Gasteiger partial charge in [-0.15, -0.1) is 0 Å². The zero-order valence-corrected chi connectivity index (χ0v) is 34.0. The third-order valence-corrected chi connectivity index (χ3v) is 15.2. The Hall–Kier alpha value is -4.37. The van der Waals surface area contributed by atoms with Crippen molar-refractivity contribution in [2.24, 2.45) is 15.0 Å². The molecular formula is C44H37Cl2FeN3O2P2. The summed E-state index contributed by atoms with van der Waals surface area (Å²) in [6, 6.07) is 54.0. The van der Waals surface area contributed by atoms with Gasteiger partial charge in [-0.2, -0.15) is 0 Å². The molecule has 6 aromatic carbocycles. The summed E-state index contributed by atoms with van der Waals surface area (Å²) in [5.74, 6) is 0. The molecule has 5 nitrogen and oxygen atoms in total. The molecule has 54 heavy (non-hydrogen) atoms. The summed E-state index contributed by atoms with van der Waals surface area (Å²) in [5, 5.41) is 4.73. The minimum absolute atomic E-state index is 0.194. The van der Waals surface area contributed by atoms with Crippen LogP contribution in [0.15, 0.2) is 197 Å². The number of nitrogens with zero attached hydrogens (tertiary/aromatic N) is 3. The van der Waals surface area contributed by atoms with Gasteiger partial charge in [0.15, 0.2) is 14.3 Å². The molecule has 1 aliphatic rings. The van der Waals surface area contributed by atoms with Crippen molar-refractivity contribution >= 4 is 94.8 Å². The Morgan fingerprint density at radius 2 is 0.796 bits per heavy atom. The molecule has 0 unspecified atom stereocenters. The maximum absolute atomic E-state index is 14.7. The molecule has 6 aromatic rings. The van der Waals surface area contributed by atoms with Gasteiger partial charge in [-0.1, -0.05) is 127 Å². The SMILES string of the molecule is CC(=Nc1ccc(P(=O)(c2ccccc2)c2ccccc2)cc1)C1=CCC(C(C)=Nc2ccc(P(=O)(c3ccccc3)c3ccccc3)cc2)=N1.[Cl][Fe][Cl]. The predicted molar refractivity (Wildman–Crippen MR) is 229 cm³/mol. The number of aliphatic imine (C=N–C) groups is 3. The van der Waals surface area contributed by atoms with Crippen LogP contribution in [0, 0.1) is 0 Å². The van der Waals surface area contributed by atoms with Crippen molar-refractivity contribution in [2.45, 2.75) is 20.3 Å². The first-order valence-corrected chi connectivity index (χ1v) is 23.6. The Morgan fingerprint density at radius 3 is 1.13 bits per heavy atom. The average molecular weight is 828 g/mol. The van der Waals surface area contributed by atoms with Crippen molar-refractivity contribution in [1.82, 2.24) is 0 Å². The summed E-state index contributed by atoms with van der Waals surface area (Å²) in [4.78, 5) is 14.6. The molecule has 1 aliphatic heterocycles. The molecule has 0 spiro atoms. The number of benzene rings is 6. The molecule has 0 saturated carbocycles. The molecule has 0 saturated heterocycles. The van der Waals surface area contributed by atoms with Crippen molar-refractivity contribution < 1.29 is 22.3 Å². The van der Waals surface area contributed by atoms with E-state index in [1.54, 1.807) is 0 Å². The van der Waals surface area contributed by atoms with Gasteiger partial charge in [0.1, 0.15) is 0 Å². The monoisotopic (exact) mass is 827 g/mol. The molecule has 1 heterocycles. The van der Waals surface area contributed by atoms with Gasteiger partial charge in [0, 0.05) is 38.2 Å². The average Bonchev–Trinajstić information content (AvgIpc) is 3.74. The van der Waals surface area contributed by atoms with Crippen LogP contribution in [-0.4, -0.2) is 17.1 Å². The van der Waals surface area contributed by atoms with Crippen molar-refractivity contribution in [3.05, 3.63) is 182 Å². The van der Waals surface area contributed by atoms with Crippen LogP contribution in [0.25, 0.3) is 0 Å². The van der Waals surface area contributed by atoms with E-state index in [4.69, 9.17) is 35.2 Å². The van der Waals surface area contributed by atoms with E-state index in [0.29, 0.717) is 6.42 Å². The zero-order valence-electron chi connectivity index (χ0n) is 29.6. The summed E-state index contributed by atoms with van der Waals surface area (Å²) in [6.07, 6.45) is 2.72. The Labute approximate surface area is 332 Å². The minimum atomic E-state index is -3.05. The summed E-state index contributed by atoms with van der Waals surface area (Å²) in [7, 11) is 3.43. The standard InChI is InChI=1S/C44H37N3O2P2.2ClH.Fe/c1-33(45-35-23-27-41(28-24-35)50(48,37-15-7-3-8-16-37)38-17-9-4-10-18-38)43-31-32-44(47-43)34(2)46-36-25-29-42(30-26-36)51(49,39-19-11-5-12-20-39)40-21-13-6-14-22-40;;;/h3-31H,32H2,1-2H3;2*1H;/q;;;+2/p-2. The van der Waals surface area contributed by atoms with Crippen LogP contribution in [0.3, 0.4) is 0 Å². The van der Waals surface area contributed by atoms with Crippen molar-refractivity contribution in [3.63, 3.8) is 0 Å². The second-order valence-corrected chi connectivity index (χ2v) is 19.7. The maximum atomic E-state index is 14.7. The Balaban J connectivity index is 0.00000160. The third kappa shape index (κ3) is 8.78. The number of hydrogen-bond acceptors (Lipinski definition) is 5. The van der Waals surface area contributed by atoms with E-state index in [1.165, 1.54) is 0 Å². The van der Waals surface area contributed by atoms with E-state index in [9.17, 15) is 9.13 Å². The van der Waals surface area contributed by atoms with E-state index in [1.807, 2.05) is 184 Å².